The van der Waals surface area contributed by atoms with Crippen LogP contribution in [0.2, 0.25) is 5.02 Å². The maximum atomic E-state index is 12.0. The van der Waals surface area contributed by atoms with Crippen molar-refractivity contribution in [3.63, 3.8) is 0 Å². The van der Waals surface area contributed by atoms with Crippen LogP contribution in [0.15, 0.2) is 54.6 Å². The summed E-state index contributed by atoms with van der Waals surface area (Å²) in [4.78, 5) is 12.0. The quantitative estimate of drug-likeness (QED) is 0.590. The number of amides is 1. The van der Waals surface area contributed by atoms with Gasteiger partial charge in [0.1, 0.15) is 5.75 Å². The monoisotopic (exact) mass is 374 g/mol. The summed E-state index contributed by atoms with van der Waals surface area (Å²) in [6, 6.07) is 14.6. The van der Waals surface area contributed by atoms with E-state index in [9.17, 15) is 4.79 Å². The molecule has 2 aromatic rings. The van der Waals surface area contributed by atoms with Gasteiger partial charge in [-0.05, 0) is 62.0 Å². The summed E-state index contributed by atoms with van der Waals surface area (Å²) in [6.45, 7) is 3.89. The van der Waals surface area contributed by atoms with Crippen molar-refractivity contribution >= 4 is 46.6 Å². The third kappa shape index (κ3) is 6.57. The molecule has 0 aliphatic rings. The number of carbonyl (C=O) groups is 1. The SMILES string of the molecule is CC(C)Oc1ccccc1NC(=S)NC(=O)/C=C/c1ccc(Cl)cc1. The van der Waals surface area contributed by atoms with Crippen molar-refractivity contribution in [2.24, 2.45) is 0 Å². The van der Waals surface area contributed by atoms with Crippen LogP contribution in [0.4, 0.5) is 5.69 Å². The molecule has 0 heterocycles. The van der Waals surface area contributed by atoms with Crippen molar-refractivity contribution in [3.8, 4) is 5.75 Å². The molecule has 130 valence electrons. The molecule has 2 aromatic carbocycles. The second kappa shape index (κ2) is 9.20. The predicted octanol–water partition coefficient (Wildman–Crippen LogP) is 4.65. The number of nitrogens with one attached hydrogen (secondary N) is 2. The van der Waals surface area contributed by atoms with Crippen LogP contribution < -0.4 is 15.4 Å². The number of thiocarbonyl (C=S) groups is 1. The molecule has 0 saturated heterocycles. The lowest BCUT2D eigenvalue weighted by molar-refractivity contribution is -0.115. The molecule has 0 bridgehead atoms. The van der Waals surface area contributed by atoms with Crippen molar-refractivity contribution in [1.82, 2.24) is 5.32 Å². The van der Waals surface area contributed by atoms with Gasteiger partial charge in [0.2, 0.25) is 5.91 Å². The first-order chi connectivity index (χ1) is 11.9. The van der Waals surface area contributed by atoms with Crippen molar-refractivity contribution in [2.45, 2.75) is 20.0 Å². The third-order valence-electron chi connectivity index (χ3n) is 3.03. The number of anilines is 1. The van der Waals surface area contributed by atoms with Crippen LogP contribution in [0, 0.1) is 0 Å². The van der Waals surface area contributed by atoms with Gasteiger partial charge in [0, 0.05) is 11.1 Å². The lowest BCUT2D eigenvalue weighted by Crippen LogP contribution is -2.33. The van der Waals surface area contributed by atoms with Crippen LogP contribution >= 0.6 is 23.8 Å². The zero-order valence-corrected chi connectivity index (χ0v) is 15.5. The highest BCUT2D eigenvalue weighted by Crippen LogP contribution is 2.24. The highest BCUT2D eigenvalue weighted by molar-refractivity contribution is 7.80. The van der Waals surface area contributed by atoms with Gasteiger partial charge in [-0.2, -0.15) is 0 Å². The maximum Gasteiger partial charge on any atom is 0.250 e. The number of carbonyl (C=O) groups excluding carboxylic acids is 1. The molecule has 4 nitrogen and oxygen atoms in total. The molecule has 0 saturated carbocycles. The lowest BCUT2D eigenvalue weighted by atomic mass is 10.2. The van der Waals surface area contributed by atoms with Gasteiger partial charge in [0.25, 0.3) is 0 Å². The van der Waals surface area contributed by atoms with Crippen LogP contribution in [-0.2, 0) is 4.79 Å². The minimum Gasteiger partial charge on any atom is -0.489 e. The van der Waals surface area contributed by atoms with Crippen LogP contribution in [-0.4, -0.2) is 17.1 Å². The Morgan fingerprint density at radius 3 is 2.52 bits per heavy atom. The summed E-state index contributed by atoms with van der Waals surface area (Å²) in [7, 11) is 0. The van der Waals surface area contributed by atoms with E-state index in [4.69, 9.17) is 28.6 Å². The number of rotatable bonds is 5. The fourth-order valence-electron chi connectivity index (χ4n) is 1.98. The van der Waals surface area contributed by atoms with E-state index in [2.05, 4.69) is 10.6 Å². The van der Waals surface area contributed by atoms with Gasteiger partial charge in [-0.1, -0.05) is 35.9 Å². The minimum absolute atomic E-state index is 0.0356. The van der Waals surface area contributed by atoms with E-state index >= 15 is 0 Å². The Morgan fingerprint density at radius 2 is 1.84 bits per heavy atom. The fourth-order valence-corrected chi connectivity index (χ4v) is 2.32. The predicted molar refractivity (Wildman–Crippen MR) is 107 cm³/mol. The Hall–Kier alpha value is -2.37. The Morgan fingerprint density at radius 1 is 1.16 bits per heavy atom. The molecule has 0 radical (unpaired) electrons. The molecule has 0 unspecified atom stereocenters. The largest absolute Gasteiger partial charge is 0.489 e. The summed E-state index contributed by atoms with van der Waals surface area (Å²) in [6.07, 6.45) is 3.13. The number of hydrogen-bond acceptors (Lipinski definition) is 3. The first-order valence-corrected chi connectivity index (χ1v) is 8.54. The van der Waals surface area contributed by atoms with Crippen LogP contribution in [0.25, 0.3) is 6.08 Å². The fraction of sp³-hybridized carbons (Fsp3) is 0.158. The molecule has 0 aliphatic heterocycles. The number of hydrogen-bond donors (Lipinski definition) is 2. The summed E-state index contributed by atoms with van der Waals surface area (Å²) in [5.74, 6) is 0.348. The van der Waals surface area contributed by atoms with Gasteiger partial charge in [-0.3, -0.25) is 10.1 Å². The van der Waals surface area contributed by atoms with E-state index < -0.39 is 0 Å². The number of benzene rings is 2. The Balaban J connectivity index is 1.93. The summed E-state index contributed by atoms with van der Waals surface area (Å²) >= 11 is 11.0. The van der Waals surface area contributed by atoms with Gasteiger partial charge in [0.15, 0.2) is 5.11 Å². The summed E-state index contributed by atoms with van der Waals surface area (Å²) in [5.41, 5.74) is 1.57. The third-order valence-corrected chi connectivity index (χ3v) is 3.49. The van der Waals surface area contributed by atoms with E-state index in [1.54, 1.807) is 18.2 Å². The normalized spacial score (nSPS) is 10.7. The van der Waals surface area contributed by atoms with Gasteiger partial charge in [0.05, 0.1) is 11.8 Å². The van der Waals surface area contributed by atoms with Crippen LogP contribution in [0.1, 0.15) is 19.4 Å². The first kappa shape index (κ1) is 19.0. The van der Waals surface area contributed by atoms with Gasteiger partial charge >= 0.3 is 0 Å². The van der Waals surface area contributed by atoms with E-state index in [1.165, 1.54) is 6.08 Å². The Labute approximate surface area is 157 Å². The molecular formula is C19H19ClN2O2S. The Bertz CT molecular complexity index is 773. The zero-order valence-electron chi connectivity index (χ0n) is 14.0. The molecule has 1 amide bonds. The van der Waals surface area contributed by atoms with Gasteiger partial charge in [-0.15, -0.1) is 0 Å². The number of halogens is 1. The molecule has 2 N–H and O–H groups in total. The summed E-state index contributed by atoms with van der Waals surface area (Å²) in [5, 5.41) is 6.43. The van der Waals surface area contributed by atoms with Crippen LogP contribution in [0.3, 0.4) is 0 Å². The molecule has 0 aliphatic carbocycles. The van der Waals surface area contributed by atoms with Crippen molar-refractivity contribution in [2.75, 3.05) is 5.32 Å². The summed E-state index contributed by atoms with van der Waals surface area (Å²) < 4.78 is 5.71. The van der Waals surface area contributed by atoms with E-state index in [-0.39, 0.29) is 17.1 Å². The molecule has 6 heteroatoms. The second-order valence-electron chi connectivity index (χ2n) is 5.49. The van der Waals surface area contributed by atoms with Crippen molar-refractivity contribution in [3.05, 3.63) is 65.2 Å². The van der Waals surface area contributed by atoms with E-state index in [1.807, 2.05) is 50.2 Å². The Kier molecular flexibility index (Phi) is 6.98. The van der Waals surface area contributed by atoms with Crippen LogP contribution in [0.5, 0.6) is 5.75 Å². The second-order valence-corrected chi connectivity index (χ2v) is 6.34. The molecule has 25 heavy (non-hydrogen) atoms. The van der Waals surface area contributed by atoms with E-state index in [0.717, 1.165) is 5.56 Å². The molecule has 2 rings (SSSR count). The number of ether oxygens (including phenoxy) is 1. The lowest BCUT2D eigenvalue weighted by Gasteiger charge is -2.15. The molecular weight excluding hydrogens is 356 g/mol. The van der Waals surface area contributed by atoms with Crippen molar-refractivity contribution < 1.29 is 9.53 Å². The topological polar surface area (TPSA) is 50.4 Å². The van der Waals surface area contributed by atoms with E-state index in [0.29, 0.717) is 16.5 Å². The smallest absolute Gasteiger partial charge is 0.250 e. The highest BCUT2D eigenvalue weighted by atomic mass is 35.5. The number of para-hydroxylation sites is 2. The average molecular weight is 375 g/mol. The maximum absolute atomic E-state index is 12.0. The molecule has 0 spiro atoms. The minimum atomic E-state index is -0.324. The molecule has 0 atom stereocenters. The average Bonchev–Trinajstić information content (AvgIpc) is 2.55. The van der Waals surface area contributed by atoms with Gasteiger partial charge < -0.3 is 10.1 Å². The molecule has 0 aromatic heterocycles. The standard InChI is InChI=1S/C19H19ClN2O2S/c1-13(2)24-17-6-4-3-5-16(17)21-19(25)22-18(23)12-9-14-7-10-15(20)11-8-14/h3-13H,1-2H3,(H2,21,22,23,25)/b12-9+. The first-order valence-electron chi connectivity index (χ1n) is 7.75. The van der Waals surface area contributed by atoms with Crippen molar-refractivity contribution in [1.29, 1.82) is 0 Å². The molecule has 0 fully saturated rings. The van der Waals surface area contributed by atoms with Gasteiger partial charge in [-0.25, -0.2) is 0 Å². The zero-order chi connectivity index (χ0) is 18.2. The highest BCUT2D eigenvalue weighted by Gasteiger charge is 2.07.